The van der Waals surface area contributed by atoms with Gasteiger partial charge in [0.1, 0.15) is 0 Å². The van der Waals surface area contributed by atoms with Crippen molar-refractivity contribution < 1.29 is 16.8 Å². The molecule has 9 heteroatoms. The van der Waals surface area contributed by atoms with Gasteiger partial charge in [-0.25, -0.2) is 19.3 Å². The zero-order valence-corrected chi connectivity index (χ0v) is 40.0. The predicted octanol–water partition coefficient (Wildman–Crippen LogP) is 12.4. The molecule has 0 fully saturated rings. The first-order chi connectivity index (χ1) is 26.5. The van der Waals surface area contributed by atoms with Gasteiger partial charge in [-0.1, -0.05) is 125 Å². The van der Waals surface area contributed by atoms with Gasteiger partial charge >= 0.3 is 16.8 Å². The molecule has 6 aromatic rings. The van der Waals surface area contributed by atoms with Crippen LogP contribution in [0, 0.1) is 0 Å². The molecule has 0 atom stereocenters. The van der Waals surface area contributed by atoms with E-state index >= 15 is 0 Å². The fourth-order valence-electron chi connectivity index (χ4n) is 6.14. The van der Waals surface area contributed by atoms with Crippen LogP contribution in [0.2, 0.25) is 0 Å². The van der Waals surface area contributed by atoms with Crippen molar-refractivity contribution in [1.29, 1.82) is 0 Å². The van der Waals surface area contributed by atoms with Crippen molar-refractivity contribution >= 4 is 0 Å². The summed E-state index contributed by atoms with van der Waals surface area (Å²) in [5.74, 6) is 1.65. The molecular weight excluding hydrogens is 772 g/mol. The summed E-state index contributed by atoms with van der Waals surface area (Å²) in [6.45, 7) is 39.8. The normalized spacial score (nSPS) is 12.8. The van der Waals surface area contributed by atoms with Crippen LogP contribution in [0.25, 0.3) is 34.4 Å². The monoisotopic (exact) mass is 839 g/mol. The Morgan fingerprint density at radius 1 is 0.356 bits per heavy atom. The maximum Gasteiger partial charge on any atom is 2.00 e. The molecule has 0 N–H and O–H groups in total. The van der Waals surface area contributed by atoms with E-state index in [0.29, 0.717) is 0 Å². The van der Waals surface area contributed by atoms with Crippen LogP contribution in [-0.4, -0.2) is 39.5 Å². The summed E-state index contributed by atoms with van der Waals surface area (Å²) >= 11 is 0. The van der Waals surface area contributed by atoms with Crippen molar-refractivity contribution in [2.45, 2.75) is 157 Å². The van der Waals surface area contributed by atoms with Gasteiger partial charge in [0.05, 0.1) is 35.2 Å². The quantitative estimate of drug-likeness (QED) is 0.176. The van der Waals surface area contributed by atoms with Gasteiger partial charge in [-0.15, -0.1) is 0 Å². The van der Waals surface area contributed by atoms with Crippen LogP contribution in [0.5, 0.6) is 0 Å². The van der Waals surface area contributed by atoms with Gasteiger partial charge in [0, 0.05) is 24.8 Å². The molecular formula is C50H68CoN8+2. The molecule has 6 aromatic heterocycles. The Labute approximate surface area is 365 Å². The van der Waals surface area contributed by atoms with Crippen LogP contribution < -0.4 is 0 Å². The number of aromatic nitrogens is 8. The second-order valence-corrected chi connectivity index (χ2v) is 21.9. The van der Waals surface area contributed by atoms with Gasteiger partial charge in [-0.2, -0.15) is 10.2 Å². The Kier molecular flexibility index (Phi) is 13.5. The molecule has 0 aliphatic rings. The first-order valence-corrected chi connectivity index (χ1v) is 20.6. The van der Waals surface area contributed by atoms with Crippen LogP contribution in [0.3, 0.4) is 0 Å². The molecule has 0 spiro atoms. The summed E-state index contributed by atoms with van der Waals surface area (Å²) in [7, 11) is 0. The van der Waals surface area contributed by atoms with Crippen molar-refractivity contribution in [2.75, 3.05) is 0 Å². The third-order valence-electron chi connectivity index (χ3n) is 10.5. The van der Waals surface area contributed by atoms with Crippen LogP contribution in [0.4, 0.5) is 0 Å². The third-order valence-corrected chi connectivity index (χ3v) is 10.5. The Hall–Kier alpha value is -4.47. The molecule has 0 aliphatic heterocycles. The molecule has 6 rings (SSSR count). The number of pyridine rings is 4. The summed E-state index contributed by atoms with van der Waals surface area (Å²) in [6.07, 6.45) is 11.8. The van der Waals surface area contributed by atoms with Crippen LogP contribution in [-0.2, 0) is 49.3 Å². The molecule has 0 saturated carbocycles. The third kappa shape index (κ3) is 11.8. The van der Waals surface area contributed by atoms with Gasteiger partial charge in [-0.3, -0.25) is 9.97 Å². The van der Waals surface area contributed by atoms with Crippen molar-refractivity contribution in [3.05, 3.63) is 119 Å². The minimum absolute atomic E-state index is 0. The number of hydrogen-bond donors (Lipinski definition) is 0. The molecule has 59 heavy (non-hydrogen) atoms. The van der Waals surface area contributed by atoms with Crippen molar-refractivity contribution in [2.24, 2.45) is 0 Å². The maximum absolute atomic E-state index is 4.94. The number of nitrogens with zero attached hydrogens (tertiary/aromatic N) is 8. The van der Waals surface area contributed by atoms with Crippen LogP contribution in [0.1, 0.15) is 158 Å². The largest absolute Gasteiger partial charge is 2.00 e. The summed E-state index contributed by atoms with van der Waals surface area (Å²) in [5.41, 5.74) is 11.1. The molecule has 0 saturated heterocycles. The van der Waals surface area contributed by atoms with E-state index in [1.807, 2.05) is 34.2 Å². The van der Waals surface area contributed by atoms with E-state index in [1.165, 1.54) is 33.4 Å². The molecule has 1 radical (unpaired) electrons. The standard InChI is InChI=1S/2C25H34N4.Co/c2*1-23(2,3)17-10-11-26-20(12-17)21-13-18(24(4,5)6)14-22(28-21)29-16-19(15-27-29)25(7,8)9;/h2*10-16H,1-9H3;/q;;+2. The second kappa shape index (κ2) is 16.9. The smallest absolute Gasteiger partial charge is 0.255 e. The molecule has 0 bridgehead atoms. The molecule has 0 aliphatic carbocycles. The van der Waals surface area contributed by atoms with Crippen molar-refractivity contribution in [3.8, 4) is 34.4 Å². The van der Waals surface area contributed by atoms with Gasteiger partial charge in [0.25, 0.3) is 0 Å². The summed E-state index contributed by atoms with van der Waals surface area (Å²) in [5, 5.41) is 9.20. The summed E-state index contributed by atoms with van der Waals surface area (Å²) < 4.78 is 3.76. The fourth-order valence-corrected chi connectivity index (χ4v) is 6.14. The van der Waals surface area contributed by atoms with E-state index in [9.17, 15) is 0 Å². The fraction of sp³-hybridized carbons (Fsp3) is 0.480. The molecule has 0 unspecified atom stereocenters. The first kappa shape index (κ1) is 47.2. The average Bonchev–Trinajstić information content (AvgIpc) is 3.82. The SMILES string of the molecule is CC(C)(C)c1ccnc(-c2cc(C(C)(C)C)cc(-n3cc(C(C)(C)C)cn3)n2)c1.CC(C)(C)c1ccnc(-c2cc(C(C)(C)C)cc(-n3cc(C(C)(C)C)cn3)n2)c1.[Co+2]. The van der Waals surface area contributed by atoms with E-state index < -0.39 is 0 Å². The summed E-state index contributed by atoms with van der Waals surface area (Å²) in [4.78, 5) is 19.2. The van der Waals surface area contributed by atoms with E-state index in [1.54, 1.807) is 0 Å². The Balaban J connectivity index is 0.000000256. The number of hydrogen-bond acceptors (Lipinski definition) is 6. The van der Waals surface area contributed by atoms with Crippen LogP contribution >= 0.6 is 0 Å². The first-order valence-electron chi connectivity index (χ1n) is 20.6. The molecule has 8 nitrogen and oxygen atoms in total. The number of rotatable bonds is 4. The minimum atomic E-state index is -0.00587. The van der Waals surface area contributed by atoms with Gasteiger partial charge in [-0.05, 0) is 114 Å². The summed E-state index contributed by atoms with van der Waals surface area (Å²) in [6, 6.07) is 17.1. The van der Waals surface area contributed by atoms with Gasteiger partial charge in [0.2, 0.25) is 0 Å². The Morgan fingerprint density at radius 3 is 0.915 bits per heavy atom. The van der Waals surface area contributed by atoms with E-state index in [-0.39, 0.29) is 49.3 Å². The predicted molar refractivity (Wildman–Crippen MR) is 241 cm³/mol. The maximum atomic E-state index is 4.94. The molecule has 0 aromatic carbocycles. The molecule has 6 heterocycles. The Bertz CT molecular complexity index is 2190. The minimum Gasteiger partial charge on any atom is -0.255 e. The Morgan fingerprint density at radius 2 is 0.644 bits per heavy atom. The van der Waals surface area contributed by atoms with Crippen molar-refractivity contribution in [3.63, 3.8) is 0 Å². The van der Waals surface area contributed by atoms with E-state index in [4.69, 9.17) is 9.97 Å². The zero-order chi connectivity index (χ0) is 43.2. The average molecular weight is 840 g/mol. The van der Waals surface area contributed by atoms with E-state index in [0.717, 1.165) is 34.4 Å². The molecule has 315 valence electrons. The second-order valence-electron chi connectivity index (χ2n) is 21.9. The molecule has 0 amide bonds. The van der Waals surface area contributed by atoms with E-state index in [2.05, 4.69) is 206 Å². The van der Waals surface area contributed by atoms with Crippen LogP contribution in [0.15, 0.2) is 85.7 Å². The topological polar surface area (TPSA) is 87.2 Å². The van der Waals surface area contributed by atoms with Gasteiger partial charge < -0.3 is 0 Å². The van der Waals surface area contributed by atoms with Gasteiger partial charge in [0.15, 0.2) is 11.6 Å². The zero-order valence-electron chi connectivity index (χ0n) is 39.0. The van der Waals surface area contributed by atoms with Crippen molar-refractivity contribution in [1.82, 2.24) is 39.5 Å².